The van der Waals surface area contributed by atoms with Crippen molar-refractivity contribution in [3.05, 3.63) is 41.3 Å². The molecule has 1 unspecified atom stereocenters. The number of nitrogens with one attached hydrogen (secondary N) is 1. The van der Waals surface area contributed by atoms with Crippen molar-refractivity contribution in [3.63, 3.8) is 0 Å². The van der Waals surface area contributed by atoms with E-state index in [4.69, 9.17) is 0 Å². The summed E-state index contributed by atoms with van der Waals surface area (Å²) in [6.45, 7) is 5.43. The minimum atomic E-state index is -4.45. The first-order valence-electron chi connectivity index (χ1n) is 8.79. The Morgan fingerprint density at radius 3 is 2.59 bits per heavy atom. The van der Waals surface area contributed by atoms with Crippen LogP contribution < -0.4 is 5.32 Å². The van der Waals surface area contributed by atoms with Crippen LogP contribution >= 0.6 is 0 Å². The molecule has 1 fully saturated rings. The van der Waals surface area contributed by atoms with Gasteiger partial charge in [-0.2, -0.15) is 18.3 Å². The van der Waals surface area contributed by atoms with Crippen LogP contribution in [0.1, 0.15) is 47.8 Å². The van der Waals surface area contributed by atoms with Gasteiger partial charge in [0, 0.05) is 25.8 Å². The van der Waals surface area contributed by atoms with Gasteiger partial charge in [0.1, 0.15) is 0 Å². The van der Waals surface area contributed by atoms with Crippen LogP contribution in [0.2, 0.25) is 0 Å². The van der Waals surface area contributed by atoms with Gasteiger partial charge in [-0.15, -0.1) is 0 Å². The van der Waals surface area contributed by atoms with Crippen LogP contribution in [0.25, 0.3) is 5.82 Å². The number of aromatic nitrogens is 3. The molecule has 3 heterocycles. The SMILES string of the molecule is CC(C)c1c(C(=O)N(C)C2CCNC2)cnn1-c1ccc(C(F)(F)F)cn1. The van der Waals surface area contributed by atoms with Crippen LogP contribution in [-0.4, -0.2) is 51.8 Å². The van der Waals surface area contributed by atoms with Gasteiger partial charge in [0.2, 0.25) is 0 Å². The highest BCUT2D eigenvalue weighted by Crippen LogP contribution is 2.29. The van der Waals surface area contributed by atoms with Gasteiger partial charge in [0.25, 0.3) is 5.91 Å². The predicted octanol–water partition coefficient (Wildman–Crippen LogP) is 2.84. The normalized spacial score (nSPS) is 17.5. The summed E-state index contributed by atoms with van der Waals surface area (Å²) in [5.41, 5.74) is 0.250. The maximum absolute atomic E-state index is 13.0. The molecule has 0 aromatic carbocycles. The van der Waals surface area contributed by atoms with E-state index >= 15 is 0 Å². The van der Waals surface area contributed by atoms with Crippen molar-refractivity contribution < 1.29 is 18.0 Å². The average Bonchev–Trinajstić information content (AvgIpc) is 3.29. The standard InChI is InChI=1S/C18H22F3N5O/c1-11(2)16-14(17(27)25(3)13-6-7-22-9-13)10-24-26(16)15-5-4-12(8-23-15)18(19,20)21/h4-5,8,10-11,13,22H,6-7,9H2,1-3H3. The first-order chi connectivity index (χ1) is 12.7. The third-order valence-electron chi connectivity index (χ3n) is 4.78. The number of rotatable bonds is 4. The molecule has 27 heavy (non-hydrogen) atoms. The molecule has 0 bridgehead atoms. The van der Waals surface area contributed by atoms with Crippen molar-refractivity contribution in [2.45, 2.75) is 38.4 Å². The zero-order chi connectivity index (χ0) is 19.8. The molecular formula is C18H22F3N5O. The molecule has 2 aromatic rings. The molecule has 3 rings (SSSR count). The number of amides is 1. The lowest BCUT2D eigenvalue weighted by molar-refractivity contribution is -0.137. The second kappa shape index (κ2) is 7.30. The van der Waals surface area contributed by atoms with E-state index in [2.05, 4.69) is 15.4 Å². The first-order valence-corrected chi connectivity index (χ1v) is 8.79. The third kappa shape index (κ3) is 3.83. The lowest BCUT2D eigenvalue weighted by Gasteiger charge is -2.24. The van der Waals surface area contributed by atoms with Crippen LogP contribution in [-0.2, 0) is 6.18 Å². The molecule has 146 valence electrons. The topological polar surface area (TPSA) is 63.1 Å². The Kier molecular flexibility index (Phi) is 5.23. The molecule has 9 heteroatoms. The van der Waals surface area contributed by atoms with E-state index in [1.165, 1.54) is 16.9 Å². The quantitative estimate of drug-likeness (QED) is 0.885. The van der Waals surface area contributed by atoms with Crippen molar-refractivity contribution in [1.82, 2.24) is 25.0 Å². The van der Waals surface area contributed by atoms with Gasteiger partial charge in [0.05, 0.1) is 23.0 Å². The maximum Gasteiger partial charge on any atom is 0.417 e. The van der Waals surface area contributed by atoms with Gasteiger partial charge in [-0.1, -0.05) is 13.8 Å². The number of likely N-dealkylation sites (N-methyl/N-ethyl adjacent to an activating group) is 1. The van der Waals surface area contributed by atoms with Crippen LogP contribution in [0.3, 0.4) is 0 Å². The highest BCUT2D eigenvalue weighted by Gasteiger charge is 2.32. The van der Waals surface area contributed by atoms with E-state index < -0.39 is 11.7 Å². The summed E-state index contributed by atoms with van der Waals surface area (Å²) >= 11 is 0. The monoisotopic (exact) mass is 381 g/mol. The largest absolute Gasteiger partial charge is 0.417 e. The number of hydrogen-bond donors (Lipinski definition) is 1. The van der Waals surface area contributed by atoms with Crippen molar-refractivity contribution in [2.24, 2.45) is 0 Å². The summed E-state index contributed by atoms with van der Waals surface area (Å²) in [4.78, 5) is 18.6. The Hall–Kier alpha value is -2.42. The fraction of sp³-hybridized carbons (Fsp3) is 0.500. The molecule has 0 saturated carbocycles. The molecule has 1 aliphatic rings. The molecule has 1 amide bonds. The van der Waals surface area contributed by atoms with Gasteiger partial charge < -0.3 is 10.2 Å². The fourth-order valence-electron chi connectivity index (χ4n) is 3.27. The molecule has 1 atom stereocenters. The summed E-state index contributed by atoms with van der Waals surface area (Å²) in [6, 6.07) is 2.34. The average molecular weight is 381 g/mol. The van der Waals surface area contributed by atoms with E-state index in [1.807, 2.05) is 13.8 Å². The van der Waals surface area contributed by atoms with Crippen LogP contribution in [0.15, 0.2) is 24.5 Å². The van der Waals surface area contributed by atoms with Gasteiger partial charge in [-0.25, -0.2) is 9.67 Å². The van der Waals surface area contributed by atoms with Crippen molar-refractivity contribution >= 4 is 5.91 Å². The number of hydrogen-bond acceptors (Lipinski definition) is 4. The Labute approximate surface area is 155 Å². The second-order valence-electron chi connectivity index (χ2n) is 6.98. The van der Waals surface area contributed by atoms with Crippen LogP contribution in [0.5, 0.6) is 0 Å². The predicted molar refractivity (Wildman–Crippen MR) is 93.8 cm³/mol. The summed E-state index contributed by atoms with van der Waals surface area (Å²) in [5.74, 6) is 0.0344. The zero-order valence-electron chi connectivity index (χ0n) is 15.4. The zero-order valence-corrected chi connectivity index (χ0v) is 15.4. The van der Waals surface area contributed by atoms with Gasteiger partial charge in [-0.05, 0) is 31.0 Å². The molecular weight excluding hydrogens is 359 g/mol. The molecule has 0 spiro atoms. The number of carbonyl (C=O) groups is 1. The number of carbonyl (C=O) groups excluding carboxylic acids is 1. The molecule has 0 aliphatic carbocycles. The van der Waals surface area contributed by atoms with E-state index in [-0.39, 0.29) is 23.7 Å². The number of pyridine rings is 1. The summed E-state index contributed by atoms with van der Waals surface area (Å²) < 4.78 is 39.7. The first kappa shape index (κ1) is 19.3. The molecule has 2 aromatic heterocycles. The smallest absolute Gasteiger partial charge is 0.337 e. The molecule has 1 N–H and O–H groups in total. The minimum absolute atomic E-state index is 0.0642. The van der Waals surface area contributed by atoms with E-state index in [1.54, 1.807) is 11.9 Å². The van der Waals surface area contributed by atoms with Gasteiger partial charge in [0.15, 0.2) is 5.82 Å². The maximum atomic E-state index is 13.0. The molecule has 1 aliphatic heterocycles. The number of nitrogens with zero attached hydrogens (tertiary/aromatic N) is 4. The Morgan fingerprint density at radius 1 is 1.33 bits per heavy atom. The highest BCUT2D eigenvalue weighted by atomic mass is 19.4. The van der Waals surface area contributed by atoms with Crippen LogP contribution in [0.4, 0.5) is 13.2 Å². The van der Waals surface area contributed by atoms with Crippen molar-refractivity contribution in [1.29, 1.82) is 0 Å². The fourth-order valence-corrected chi connectivity index (χ4v) is 3.27. The van der Waals surface area contributed by atoms with E-state index in [0.29, 0.717) is 11.3 Å². The van der Waals surface area contributed by atoms with E-state index in [9.17, 15) is 18.0 Å². The number of alkyl halides is 3. The summed E-state index contributed by atoms with van der Waals surface area (Å²) in [7, 11) is 1.76. The number of halogens is 3. The highest BCUT2D eigenvalue weighted by molar-refractivity contribution is 5.95. The minimum Gasteiger partial charge on any atom is -0.337 e. The van der Waals surface area contributed by atoms with Crippen molar-refractivity contribution in [3.8, 4) is 5.82 Å². The molecule has 6 nitrogen and oxygen atoms in total. The van der Waals surface area contributed by atoms with Gasteiger partial charge in [-0.3, -0.25) is 4.79 Å². The lowest BCUT2D eigenvalue weighted by atomic mass is 10.0. The van der Waals surface area contributed by atoms with Crippen LogP contribution in [0, 0.1) is 0 Å². The van der Waals surface area contributed by atoms with Gasteiger partial charge >= 0.3 is 6.18 Å². The summed E-state index contributed by atoms with van der Waals surface area (Å²) in [5, 5.41) is 7.47. The summed E-state index contributed by atoms with van der Waals surface area (Å²) in [6.07, 6.45) is -1.32. The van der Waals surface area contributed by atoms with Crippen molar-refractivity contribution in [2.75, 3.05) is 20.1 Å². The Balaban J connectivity index is 1.95. The lowest BCUT2D eigenvalue weighted by Crippen LogP contribution is -2.38. The molecule has 1 saturated heterocycles. The third-order valence-corrected chi connectivity index (χ3v) is 4.78. The second-order valence-corrected chi connectivity index (χ2v) is 6.98. The Morgan fingerprint density at radius 2 is 2.07 bits per heavy atom. The Bertz CT molecular complexity index is 807. The molecule has 0 radical (unpaired) electrons. The van der Waals surface area contributed by atoms with E-state index in [0.717, 1.165) is 31.8 Å².